The van der Waals surface area contributed by atoms with E-state index in [1.165, 1.54) is 5.56 Å². The SMILES string of the molecule is CC(C)c1ccc(NC(=S)NNC(=O)C[C@@H]2C=CCC2)cc1. The normalized spacial score (nSPS) is 16.6. The molecule has 0 unspecified atom stereocenters. The van der Waals surface area contributed by atoms with Gasteiger partial charge in [0.25, 0.3) is 0 Å². The van der Waals surface area contributed by atoms with Crippen LogP contribution in [0.5, 0.6) is 0 Å². The van der Waals surface area contributed by atoms with Crippen molar-refractivity contribution >= 4 is 28.9 Å². The second kappa shape index (κ2) is 7.94. The van der Waals surface area contributed by atoms with Gasteiger partial charge in [-0.1, -0.05) is 38.1 Å². The first-order chi connectivity index (χ1) is 10.5. The van der Waals surface area contributed by atoms with E-state index < -0.39 is 0 Å². The van der Waals surface area contributed by atoms with E-state index in [1.54, 1.807) is 0 Å². The van der Waals surface area contributed by atoms with E-state index in [4.69, 9.17) is 12.2 Å². The van der Waals surface area contributed by atoms with Gasteiger partial charge in [-0.25, -0.2) is 0 Å². The number of hydrogen-bond acceptors (Lipinski definition) is 2. The van der Waals surface area contributed by atoms with Gasteiger partial charge in [-0.15, -0.1) is 0 Å². The Morgan fingerprint density at radius 3 is 2.59 bits per heavy atom. The van der Waals surface area contributed by atoms with E-state index in [1.807, 2.05) is 12.1 Å². The highest BCUT2D eigenvalue weighted by Gasteiger charge is 2.13. The van der Waals surface area contributed by atoms with Crippen LogP contribution < -0.4 is 16.2 Å². The van der Waals surface area contributed by atoms with Crippen molar-refractivity contribution in [1.29, 1.82) is 0 Å². The number of thiocarbonyl (C=S) groups is 1. The Balaban J connectivity index is 1.72. The molecule has 1 aliphatic carbocycles. The molecule has 4 nitrogen and oxygen atoms in total. The minimum atomic E-state index is -0.0455. The first-order valence-corrected chi connectivity index (χ1v) is 8.08. The number of anilines is 1. The fraction of sp³-hybridized carbons (Fsp3) is 0.412. The number of carbonyl (C=O) groups excluding carboxylic acids is 1. The van der Waals surface area contributed by atoms with Crippen LogP contribution in [-0.2, 0) is 4.79 Å². The van der Waals surface area contributed by atoms with Gasteiger partial charge in [-0.05, 0) is 54.6 Å². The monoisotopic (exact) mass is 317 g/mol. The molecule has 0 saturated carbocycles. The van der Waals surface area contributed by atoms with Crippen LogP contribution in [0.3, 0.4) is 0 Å². The predicted octanol–water partition coefficient (Wildman–Crippen LogP) is 3.48. The van der Waals surface area contributed by atoms with Crippen molar-refractivity contribution in [3.63, 3.8) is 0 Å². The summed E-state index contributed by atoms with van der Waals surface area (Å²) >= 11 is 5.17. The Kier molecular flexibility index (Phi) is 5.95. The zero-order valence-corrected chi connectivity index (χ0v) is 13.9. The van der Waals surface area contributed by atoms with Crippen molar-refractivity contribution in [3.05, 3.63) is 42.0 Å². The topological polar surface area (TPSA) is 53.2 Å². The summed E-state index contributed by atoms with van der Waals surface area (Å²) in [5, 5.41) is 3.43. The summed E-state index contributed by atoms with van der Waals surface area (Å²) in [6, 6.07) is 8.10. The third-order valence-electron chi connectivity index (χ3n) is 3.71. The average molecular weight is 317 g/mol. The number of nitrogens with one attached hydrogen (secondary N) is 3. The molecule has 3 N–H and O–H groups in total. The van der Waals surface area contributed by atoms with Crippen LogP contribution in [0.2, 0.25) is 0 Å². The molecule has 0 spiro atoms. The summed E-state index contributed by atoms with van der Waals surface area (Å²) in [5.41, 5.74) is 7.55. The first kappa shape index (κ1) is 16.5. The van der Waals surface area contributed by atoms with E-state index in [9.17, 15) is 4.79 Å². The number of allylic oxidation sites excluding steroid dienone is 2. The van der Waals surface area contributed by atoms with Crippen LogP contribution in [-0.4, -0.2) is 11.0 Å². The Morgan fingerprint density at radius 1 is 1.27 bits per heavy atom. The van der Waals surface area contributed by atoms with Gasteiger partial charge in [0.05, 0.1) is 0 Å². The zero-order valence-electron chi connectivity index (χ0n) is 13.1. The van der Waals surface area contributed by atoms with Gasteiger partial charge in [0.15, 0.2) is 5.11 Å². The fourth-order valence-corrected chi connectivity index (χ4v) is 2.56. The maximum atomic E-state index is 11.8. The molecule has 118 valence electrons. The minimum Gasteiger partial charge on any atom is -0.331 e. The van der Waals surface area contributed by atoms with Crippen LogP contribution in [0.1, 0.15) is 44.6 Å². The van der Waals surface area contributed by atoms with Crippen LogP contribution in [0.25, 0.3) is 0 Å². The molecule has 0 aliphatic heterocycles. The van der Waals surface area contributed by atoms with Gasteiger partial charge in [0, 0.05) is 12.1 Å². The number of rotatable bonds is 4. The van der Waals surface area contributed by atoms with E-state index in [0.717, 1.165) is 18.5 Å². The average Bonchev–Trinajstić information content (AvgIpc) is 2.98. The second-order valence-corrected chi connectivity index (χ2v) is 6.28. The smallest absolute Gasteiger partial charge is 0.238 e. The molecule has 5 heteroatoms. The Morgan fingerprint density at radius 2 is 2.00 bits per heavy atom. The van der Waals surface area contributed by atoms with Crippen molar-refractivity contribution in [2.75, 3.05) is 5.32 Å². The standard InChI is InChI=1S/C17H23N3OS/c1-12(2)14-7-9-15(10-8-14)18-17(22)20-19-16(21)11-13-5-3-4-6-13/h3,5,7-10,12-13H,4,6,11H2,1-2H3,(H,19,21)(H2,18,20,22)/t13-/m1/s1. The third kappa shape index (κ3) is 5.15. The molecule has 22 heavy (non-hydrogen) atoms. The molecule has 1 aliphatic rings. The van der Waals surface area contributed by atoms with E-state index >= 15 is 0 Å². The van der Waals surface area contributed by atoms with Gasteiger partial charge in [0.1, 0.15) is 0 Å². The molecule has 1 atom stereocenters. The van der Waals surface area contributed by atoms with Crippen LogP contribution in [0.4, 0.5) is 5.69 Å². The van der Waals surface area contributed by atoms with Crippen molar-refractivity contribution < 1.29 is 4.79 Å². The maximum absolute atomic E-state index is 11.8. The predicted molar refractivity (Wildman–Crippen MR) is 94.5 cm³/mol. The lowest BCUT2D eigenvalue weighted by molar-refractivity contribution is -0.122. The number of amides is 1. The van der Waals surface area contributed by atoms with Crippen LogP contribution >= 0.6 is 12.2 Å². The third-order valence-corrected chi connectivity index (χ3v) is 3.91. The van der Waals surface area contributed by atoms with Gasteiger partial charge in [-0.3, -0.25) is 15.6 Å². The molecular formula is C17H23N3OS. The highest BCUT2D eigenvalue weighted by atomic mass is 32.1. The van der Waals surface area contributed by atoms with E-state index in [0.29, 0.717) is 23.4 Å². The van der Waals surface area contributed by atoms with Gasteiger partial charge >= 0.3 is 0 Å². The molecule has 1 amide bonds. The molecule has 0 heterocycles. The van der Waals surface area contributed by atoms with Crippen LogP contribution in [0.15, 0.2) is 36.4 Å². The maximum Gasteiger partial charge on any atom is 0.238 e. The lowest BCUT2D eigenvalue weighted by Gasteiger charge is -2.13. The summed E-state index contributed by atoms with van der Waals surface area (Å²) in [6.45, 7) is 4.31. The summed E-state index contributed by atoms with van der Waals surface area (Å²) < 4.78 is 0. The summed E-state index contributed by atoms with van der Waals surface area (Å²) in [6.07, 6.45) is 6.84. The van der Waals surface area contributed by atoms with Crippen LogP contribution in [0, 0.1) is 5.92 Å². The lowest BCUT2D eigenvalue weighted by atomic mass is 10.0. The highest BCUT2D eigenvalue weighted by molar-refractivity contribution is 7.80. The Labute approximate surface area is 137 Å². The number of hydrazine groups is 1. The summed E-state index contributed by atoms with van der Waals surface area (Å²) in [7, 11) is 0. The van der Waals surface area contributed by atoms with Gasteiger partial charge < -0.3 is 5.32 Å². The number of carbonyl (C=O) groups is 1. The molecule has 1 aromatic rings. The molecule has 0 bridgehead atoms. The molecule has 0 saturated heterocycles. The van der Waals surface area contributed by atoms with E-state index in [2.05, 4.69) is 54.3 Å². The van der Waals surface area contributed by atoms with E-state index in [-0.39, 0.29) is 5.91 Å². The summed E-state index contributed by atoms with van der Waals surface area (Å²) in [5.74, 6) is 0.811. The highest BCUT2D eigenvalue weighted by Crippen LogP contribution is 2.20. The quantitative estimate of drug-likeness (QED) is 0.452. The fourth-order valence-electron chi connectivity index (χ4n) is 2.39. The molecule has 2 rings (SSSR count). The van der Waals surface area contributed by atoms with Crippen molar-refractivity contribution in [1.82, 2.24) is 10.9 Å². The zero-order chi connectivity index (χ0) is 15.9. The van der Waals surface area contributed by atoms with Crippen molar-refractivity contribution in [2.45, 2.75) is 39.0 Å². The lowest BCUT2D eigenvalue weighted by Crippen LogP contribution is -2.44. The Hall–Kier alpha value is -1.88. The molecular weight excluding hydrogens is 294 g/mol. The van der Waals surface area contributed by atoms with Crippen molar-refractivity contribution in [2.24, 2.45) is 5.92 Å². The summed E-state index contributed by atoms with van der Waals surface area (Å²) in [4.78, 5) is 11.8. The second-order valence-electron chi connectivity index (χ2n) is 5.87. The molecule has 0 radical (unpaired) electrons. The minimum absolute atomic E-state index is 0.0455. The van der Waals surface area contributed by atoms with Gasteiger partial charge in [0.2, 0.25) is 5.91 Å². The molecule has 1 aromatic carbocycles. The Bertz CT molecular complexity index is 552. The number of hydrogen-bond donors (Lipinski definition) is 3. The van der Waals surface area contributed by atoms with Crippen molar-refractivity contribution in [3.8, 4) is 0 Å². The number of benzene rings is 1. The molecule has 0 fully saturated rings. The van der Waals surface area contributed by atoms with Gasteiger partial charge in [-0.2, -0.15) is 0 Å². The first-order valence-electron chi connectivity index (χ1n) is 7.67. The molecule has 0 aromatic heterocycles. The largest absolute Gasteiger partial charge is 0.331 e.